The summed E-state index contributed by atoms with van der Waals surface area (Å²) in [4.78, 5) is 68.2. The predicted octanol–water partition coefficient (Wildman–Crippen LogP) is 3.70. The number of anilines is 1. The Balaban J connectivity index is 1.46. The number of nitrogens with zero attached hydrogens (tertiary/aromatic N) is 1. The third kappa shape index (κ3) is 3.15. The summed E-state index contributed by atoms with van der Waals surface area (Å²) in [6.45, 7) is 1.86. The second-order valence-electron chi connectivity index (χ2n) is 9.31. The summed E-state index contributed by atoms with van der Waals surface area (Å²) < 4.78 is 24.8. The highest BCUT2D eigenvalue weighted by atomic mass is 19.1. The van der Waals surface area contributed by atoms with Crippen molar-refractivity contribution in [3.05, 3.63) is 101 Å². The fourth-order valence-corrected chi connectivity index (χ4v) is 5.69. The Hall–Kier alpha value is -4.50. The van der Waals surface area contributed by atoms with Crippen LogP contribution in [0, 0.1) is 17.7 Å². The van der Waals surface area contributed by atoms with E-state index < -0.39 is 58.7 Å². The Morgan fingerprint density at radius 1 is 0.895 bits per heavy atom. The molecule has 6 rings (SSSR count). The van der Waals surface area contributed by atoms with E-state index in [1.807, 2.05) is 0 Å². The molecule has 3 aromatic rings. The van der Waals surface area contributed by atoms with E-state index in [9.17, 15) is 28.4 Å². The summed E-state index contributed by atoms with van der Waals surface area (Å²) in [5.41, 5.74) is -1.22. The Morgan fingerprint density at radius 3 is 2.08 bits per heavy atom. The molecule has 0 saturated carbocycles. The van der Waals surface area contributed by atoms with Gasteiger partial charge in [-0.2, -0.15) is 0 Å². The van der Waals surface area contributed by atoms with Crippen molar-refractivity contribution in [2.75, 3.05) is 11.5 Å². The van der Waals surface area contributed by atoms with Crippen LogP contribution in [0.15, 0.2) is 72.8 Å². The van der Waals surface area contributed by atoms with Crippen molar-refractivity contribution in [1.29, 1.82) is 0 Å². The molecule has 9 heteroatoms. The van der Waals surface area contributed by atoms with Crippen LogP contribution in [0.25, 0.3) is 0 Å². The molecule has 2 fully saturated rings. The van der Waals surface area contributed by atoms with Crippen molar-refractivity contribution in [3.8, 4) is 0 Å². The zero-order valence-corrected chi connectivity index (χ0v) is 20.1. The van der Waals surface area contributed by atoms with Gasteiger partial charge in [0.25, 0.3) is 0 Å². The number of halogens is 1. The average molecular weight is 513 g/mol. The maximum atomic E-state index is 13.9. The summed E-state index contributed by atoms with van der Waals surface area (Å²) in [5, 5.41) is 0. The number of imide groups is 1. The molecule has 2 amide bonds. The number of benzene rings is 3. The lowest BCUT2D eigenvalue weighted by molar-refractivity contribution is -0.127. The molecule has 0 bridgehead atoms. The van der Waals surface area contributed by atoms with Crippen molar-refractivity contribution in [2.45, 2.75) is 18.6 Å². The predicted molar refractivity (Wildman–Crippen MR) is 130 cm³/mol. The number of carbonyl (C=O) groups excluding carboxylic acids is 5. The lowest BCUT2D eigenvalue weighted by Crippen LogP contribution is -2.51. The highest BCUT2D eigenvalue weighted by Gasteiger charge is 2.74. The third-order valence-electron chi connectivity index (χ3n) is 7.35. The fraction of sp³-hybridized carbons (Fsp3) is 0.207. The van der Waals surface area contributed by atoms with Crippen molar-refractivity contribution >= 4 is 35.0 Å². The van der Waals surface area contributed by atoms with Crippen LogP contribution in [0.3, 0.4) is 0 Å². The summed E-state index contributed by atoms with van der Waals surface area (Å²) >= 11 is 0. The van der Waals surface area contributed by atoms with E-state index in [2.05, 4.69) is 0 Å². The Kier molecular flexibility index (Phi) is 5.36. The second-order valence-corrected chi connectivity index (χ2v) is 9.31. The Bertz CT molecular complexity index is 1490. The zero-order chi connectivity index (χ0) is 26.8. The van der Waals surface area contributed by atoms with Gasteiger partial charge >= 0.3 is 5.97 Å². The van der Waals surface area contributed by atoms with Gasteiger partial charge in [-0.05, 0) is 48.9 Å². The average Bonchev–Trinajstić information content (AvgIpc) is 3.49. The number of ketones is 2. The van der Waals surface area contributed by atoms with Crippen LogP contribution in [0.2, 0.25) is 0 Å². The normalized spacial score (nSPS) is 23.2. The van der Waals surface area contributed by atoms with Crippen LogP contribution in [-0.2, 0) is 19.1 Å². The van der Waals surface area contributed by atoms with E-state index in [0.29, 0.717) is 5.56 Å². The molecule has 0 radical (unpaired) electrons. The molecule has 1 spiro atoms. The number of Topliss-reactive ketones (excluding diaryl/α,β-unsaturated/α-hetero) is 2. The van der Waals surface area contributed by atoms with Gasteiger partial charge in [0.1, 0.15) is 5.82 Å². The maximum absolute atomic E-state index is 13.9. The summed E-state index contributed by atoms with van der Waals surface area (Å²) in [7, 11) is 0. The standard InChI is InChI=1S/C29H20FNO7/c1-2-37-28(36)16-9-13-18(14-10-16)31-26(34)21-22(27(31)35)29(38-23(21)15-7-11-17(30)12-8-15)24(32)19-5-3-4-6-20(19)25(29)33/h3-14,21-23H,2H2,1H3/t21-,22+,23+/m1/s1. The maximum Gasteiger partial charge on any atom is 0.338 e. The van der Waals surface area contributed by atoms with E-state index >= 15 is 0 Å². The van der Waals surface area contributed by atoms with Crippen molar-refractivity contribution < 1.29 is 37.8 Å². The minimum atomic E-state index is -2.22. The number of ether oxygens (including phenoxy) is 2. The number of hydrogen-bond acceptors (Lipinski definition) is 7. The first-order valence-corrected chi connectivity index (χ1v) is 12.1. The van der Waals surface area contributed by atoms with Gasteiger partial charge in [0.2, 0.25) is 29.0 Å². The van der Waals surface area contributed by atoms with E-state index in [-0.39, 0.29) is 29.0 Å². The molecule has 2 aliphatic heterocycles. The van der Waals surface area contributed by atoms with E-state index in [1.165, 1.54) is 60.7 Å². The molecule has 0 unspecified atom stereocenters. The third-order valence-corrected chi connectivity index (χ3v) is 7.35. The summed E-state index contributed by atoms with van der Waals surface area (Å²) in [5.74, 6) is -6.50. The number of amides is 2. The first-order chi connectivity index (χ1) is 18.3. The number of rotatable bonds is 4. The fourth-order valence-electron chi connectivity index (χ4n) is 5.69. The highest BCUT2D eigenvalue weighted by Crippen LogP contribution is 2.57. The van der Waals surface area contributed by atoms with Crippen LogP contribution in [0.1, 0.15) is 49.7 Å². The van der Waals surface area contributed by atoms with Crippen molar-refractivity contribution in [2.24, 2.45) is 11.8 Å². The van der Waals surface area contributed by atoms with Crippen LogP contribution in [0.4, 0.5) is 10.1 Å². The first-order valence-electron chi connectivity index (χ1n) is 12.1. The van der Waals surface area contributed by atoms with Crippen molar-refractivity contribution in [1.82, 2.24) is 0 Å². The number of esters is 1. The monoisotopic (exact) mass is 513 g/mol. The zero-order valence-electron chi connectivity index (χ0n) is 20.1. The molecule has 190 valence electrons. The molecule has 3 aliphatic rings. The minimum Gasteiger partial charge on any atom is -0.462 e. The van der Waals surface area contributed by atoms with Gasteiger partial charge < -0.3 is 9.47 Å². The van der Waals surface area contributed by atoms with Crippen LogP contribution < -0.4 is 4.90 Å². The second kappa shape index (κ2) is 8.53. The highest BCUT2D eigenvalue weighted by molar-refractivity contribution is 6.37. The topological polar surface area (TPSA) is 107 Å². The number of carbonyl (C=O) groups is 5. The lowest BCUT2D eigenvalue weighted by Gasteiger charge is -2.27. The van der Waals surface area contributed by atoms with Gasteiger partial charge in [-0.1, -0.05) is 36.4 Å². The quantitative estimate of drug-likeness (QED) is 0.298. The molecule has 1 aliphatic carbocycles. The van der Waals surface area contributed by atoms with Gasteiger partial charge in [-0.15, -0.1) is 0 Å². The van der Waals surface area contributed by atoms with Crippen molar-refractivity contribution in [3.63, 3.8) is 0 Å². The summed E-state index contributed by atoms with van der Waals surface area (Å²) in [6.07, 6.45) is -1.15. The van der Waals surface area contributed by atoms with Crippen LogP contribution in [-0.4, -0.2) is 41.6 Å². The van der Waals surface area contributed by atoms with Gasteiger partial charge in [0, 0.05) is 11.1 Å². The molecule has 0 N–H and O–H groups in total. The van der Waals surface area contributed by atoms with E-state index in [0.717, 1.165) is 4.90 Å². The van der Waals surface area contributed by atoms with Gasteiger partial charge in [-0.3, -0.25) is 19.2 Å². The summed E-state index contributed by atoms with van der Waals surface area (Å²) in [6, 6.07) is 17.1. The Labute approximate surface area is 216 Å². The number of fused-ring (bicyclic) bond motifs is 3. The molecule has 0 aromatic heterocycles. The molecule has 3 atom stereocenters. The molecule has 3 aromatic carbocycles. The molecular weight excluding hydrogens is 493 g/mol. The lowest BCUT2D eigenvalue weighted by atomic mass is 9.77. The van der Waals surface area contributed by atoms with Gasteiger partial charge in [-0.25, -0.2) is 14.1 Å². The van der Waals surface area contributed by atoms with Crippen LogP contribution in [0.5, 0.6) is 0 Å². The van der Waals surface area contributed by atoms with E-state index in [1.54, 1.807) is 19.1 Å². The molecule has 38 heavy (non-hydrogen) atoms. The first kappa shape index (κ1) is 23.9. The SMILES string of the molecule is CCOC(=O)c1ccc(N2C(=O)[C@@H]3[C@@H](C2=O)C2(O[C@H]3c3ccc(F)cc3)C(=O)c3ccccc3C2=O)cc1. The minimum absolute atomic E-state index is 0.119. The largest absolute Gasteiger partial charge is 0.462 e. The smallest absolute Gasteiger partial charge is 0.338 e. The molecule has 2 heterocycles. The molecule has 8 nitrogen and oxygen atoms in total. The Morgan fingerprint density at radius 2 is 1.50 bits per heavy atom. The molecule has 2 saturated heterocycles. The molecular formula is C29H20FNO7. The van der Waals surface area contributed by atoms with Gasteiger partial charge in [0.05, 0.1) is 35.8 Å². The van der Waals surface area contributed by atoms with Crippen LogP contribution >= 0.6 is 0 Å². The van der Waals surface area contributed by atoms with Gasteiger partial charge in [0.15, 0.2) is 0 Å². The van der Waals surface area contributed by atoms with E-state index in [4.69, 9.17) is 9.47 Å². The number of hydrogen-bond donors (Lipinski definition) is 0.